The highest BCUT2D eigenvalue weighted by Crippen LogP contribution is 2.43. The van der Waals surface area contributed by atoms with Crippen molar-refractivity contribution in [3.8, 4) is 12.3 Å². The van der Waals surface area contributed by atoms with Gasteiger partial charge in [0, 0.05) is 18.4 Å². The summed E-state index contributed by atoms with van der Waals surface area (Å²) >= 11 is 0. The Morgan fingerprint density at radius 3 is 2.54 bits per heavy atom. The summed E-state index contributed by atoms with van der Waals surface area (Å²) in [5, 5.41) is 8.69. The number of carboxylic acid groups (broad SMARTS) is 1. The van der Waals surface area contributed by atoms with E-state index in [2.05, 4.69) is 19.8 Å². The van der Waals surface area contributed by atoms with E-state index in [4.69, 9.17) is 11.5 Å². The third-order valence-corrected chi connectivity index (χ3v) is 4.58. The van der Waals surface area contributed by atoms with Gasteiger partial charge < -0.3 is 5.11 Å². The van der Waals surface area contributed by atoms with Gasteiger partial charge in [0.2, 0.25) is 0 Å². The molecule has 0 bridgehead atoms. The first-order valence-corrected chi connectivity index (χ1v) is 8.71. The lowest BCUT2D eigenvalue weighted by atomic mass is 9.67. The first kappa shape index (κ1) is 21.4. The lowest BCUT2D eigenvalue weighted by Gasteiger charge is -2.36. The lowest BCUT2D eigenvalue weighted by Crippen LogP contribution is -2.32. The molecule has 26 heavy (non-hydrogen) atoms. The van der Waals surface area contributed by atoms with Crippen molar-refractivity contribution < 1.29 is 14.7 Å². The van der Waals surface area contributed by atoms with Crippen molar-refractivity contribution in [1.82, 2.24) is 0 Å². The average molecular weight is 352 g/mol. The molecule has 0 radical (unpaired) electrons. The van der Waals surface area contributed by atoms with Crippen LogP contribution in [0.5, 0.6) is 0 Å². The molecule has 0 aromatic carbocycles. The number of carbonyl (C=O) groups is 2. The number of hydrogen-bond donors (Lipinski definition) is 1. The van der Waals surface area contributed by atoms with Crippen LogP contribution in [0, 0.1) is 23.7 Å². The van der Waals surface area contributed by atoms with Gasteiger partial charge in [-0.05, 0) is 49.3 Å². The molecule has 0 aromatic rings. The number of terminal acetylenes is 1. The van der Waals surface area contributed by atoms with Crippen molar-refractivity contribution in [2.75, 3.05) is 0 Å². The Morgan fingerprint density at radius 1 is 1.31 bits per heavy atom. The molecule has 3 heteroatoms. The monoisotopic (exact) mass is 352 g/mol. The van der Waals surface area contributed by atoms with Gasteiger partial charge in [0.1, 0.15) is 0 Å². The summed E-state index contributed by atoms with van der Waals surface area (Å²) in [4.78, 5) is 23.1. The first-order chi connectivity index (χ1) is 12.1. The highest BCUT2D eigenvalue weighted by molar-refractivity contribution is 5.99. The van der Waals surface area contributed by atoms with Crippen molar-refractivity contribution in [3.05, 3.63) is 58.7 Å². The Hall–Kier alpha value is -2.60. The van der Waals surface area contributed by atoms with Crippen LogP contribution in [0.3, 0.4) is 0 Å². The minimum atomic E-state index is -0.956. The second-order valence-corrected chi connectivity index (χ2v) is 7.43. The molecular weight excluding hydrogens is 324 g/mol. The lowest BCUT2D eigenvalue weighted by molar-refractivity contribution is -0.131. The number of aliphatic carboxylic acids is 1. The topological polar surface area (TPSA) is 54.4 Å². The molecule has 1 rings (SSSR count). The quantitative estimate of drug-likeness (QED) is 0.414. The third-order valence-electron chi connectivity index (χ3n) is 4.58. The summed E-state index contributed by atoms with van der Waals surface area (Å²) in [5.74, 6) is 1.72. The number of ketones is 1. The number of allylic oxidation sites excluding steroid dienone is 9. The van der Waals surface area contributed by atoms with Gasteiger partial charge >= 0.3 is 5.97 Å². The molecule has 1 aliphatic rings. The van der Waals surface area contributed by atoms with Crippen LogP contribution in [0.2, 0.25) is 0 Å². The van der Waals surface area contributed by atoms with Crippen LogP contribution in [-0.2, 0) is 9.59 Å². The highest BCUT2D eigenvalue weighted by atomic mass is 16.4. The fourth-order valence-electron chi connectivity index (χ4n) is 3.29. The normalized spacial score (nSPS) is 21.5. The van der Waals surface area contributed by atoms with E-state index in [0.29, 0.717) is 12.0 Å². The maximum absolute atomic E-state index is 12.5. The predicted octanol–water partition coefficient (Wildman–Crippen LogP) is 5.03. The number of hydrogen-bond acceptors (Lipinski definition) is 2. The Kier molecular flexibility index (Phi) is 7.58. The van der Waals surface area contributed by atoms with Crippen LogP contribution in [0.15, 0.2) is 58.7 Å². The summed E-state index contributed by atoms with van der Waals surface area (Å²) in [6.07, 6.45) is 17.3. The molecule has 0 saturated carbocycles. The Bertz CT molecular complexity index is 762. The number of Topliss-reactive ketones (excluding diaryl/α,β-unsaturated/α-hetero) is 1. The van der Waals surface area contributed by atoms with E-state index in [-0.39, 0.29) is 17.1 Å². The molecule has 0 spiro atoms. The molecule has 0 heterocycles. The third kappa shape index (κ3) is 6.04. The fourth-order valence-corrected chi connectivity index (χ4v) is 3.29. The number of carboxylic acids is 1. The molecule has 0 fully saturated rings. The zero-order valence-electron chi connectivity index (χ0n) is 16.3. The molecule has 0 amide bonds. The zero-order chi connectivity index (χ0) is 19.9. The van der Waals surface area contributed by atoms with E-state index in [1.807, 2.05) is 38.2 Å². The van der Waals surface area contributed by atoms with Crippen LogP contribution in [-0.4, -0.2) is 16.9 Å². The van der Waals surface area contributed by atoms with Gasteiger partial charge in [0.05, 0.1) is 0 Å². The van der Waals surface area contributed by atoms with Crippen LogP contribution in [0.4, 0.5) is 0 Å². The Balaban J connectivity index is 3.00. The largest absolute Gasteiger partial charge is 0.478 e. The molecule has 1 aliphatic carbocycles. The minimum Gasteiger partial charge on any atom is -0.478 e. The van der Waals surface area contributed by atoms with Crippen molar-refractivity contribution in [3.63, 3.8) is 0 Å². The second-order valence-electron chi connectivity index (χ2n) is 7.43. The van der Waals surface area contributed by atoms with Crippen LogP contribution in [0.25, 0.3) is 0 Å². The molecule has 1 atom stereocenters. The van der Waals surface area contributed by atoms with Crippen LogP contribution < -0.4 is 0 Å². The van der Waals surface area contributed by atoms with Crippen LogP contribution in [0.1, 0.15) is 47.5 Å². The fraction of sp³-hybridized carbons (Fsp3) is 0.391. The first-order valence-electron chi connectivity index (χ1n) is 8.71. The summed E-state index contributed by atoms with van der Waals surface area (Å²) < 4.78 is 0. The van der Waals surface area contributed by atoms with Gasteiger partial charge in [-0.15, -0.1) is 12.3 Å². The second kappa shape index (κ2) is 9.20. The molecule has 0 aliphatic heterocycles. The number of carbonyl (C=O) groups excluding carboxylic acids is 1. The van der Waals surface area contributed by atoms with E-state index in [1.54, 1.807) is 13.0 Å². The Labute approximate surface area is 156 Å². The van der Waals surface area contributed by atoms with E-state index in [9.17, 15) is 9.59 Å². The zero-order valence-corrected chi connectivity index (χ0v) is 16.3. The van der Waals surface area contributed by atoms with Gasteiger partial charge in [0.25, 0.3) is 0 Å². The van der Waals surface area contributed by atoms with E-state index < -0.39 is 5.97 Å². The SMILES string of the molecule is C#CCC1CC(C)(C)C(/C=C/C(C)=C/C=C/C(C)=C/C(=O)O)=C(C)C1=O. The molecular formula is C23H28O3. The molecule has 0 aromatic heterocycles. The molecule has 0 saturated heterocycles. The Morgan fingerprint density at radius 2 is 1.96 bits per heavy atom. The summed E-state index contributed by atoms with van der Waals surface area (Å²) in [6.45, 7) is 9.87. The van der Waals surface area contributed by atoms with Gasteiger partial charge in [-0.3, -0.25) is 4.79 Å². The number of rotatable bonds is 6. The summed E-state index contributed by atoms with van der Waals surface area (Å²) in [6, 6.07) is 0. The maximum atomic E-state index is 12.5. The molecule has 1 N–H and O–H groups in total. The summed E-state index contributed by atoms with van der Waals surface area (Å²) in [7, 11) is 0. The molecule has 1 unspecified atom stereocenters. The maximum Gasteiger partial charge on any atom is 0.328 e. The standard InChI is InChI=1S/C23H28O3/c1-7-9-19-15-23(5,6)20(18(4)22(19)26)13-12-16(2)10-8-11-17(3)14-21(24)25/h1,8,10-14,19H,9,15H2,2-6H3,(H,24,25)/b11-8+,13-12+,16-10+,17-14+. The smallest absolute Gasteiger partial charge is 0.328 e. The van der Waals surface area contributed by atoms with Crippen molar-refractivity contribution >= 4 is 11.8 Å². The van der Waals surface area contributed by atoms with Crippen molar-refractivity contribution in [1.29, 1.82) is 0 Å². The van der Waals surface area contributed by atoms with Gasteiger partial charge in [-0.2, -0.15) is 0 Å². The van der Waals surface area contributed by atoms with E-state index >= 15 is 0 Å². The minimum absolute atomic E-state index is 0.0873. The average Bonchev–Trinajstić information content (AvgIpc) is 2.51. The molecule has 3 nitrogen and oxygen atoms in total. The summed E-state index contributed by atoms with van der Waals surface area (Å²) in [5.41, 5.74) is 3.42. The highest BCUT2D eigenvalue weighted by Gasteiger charge is 2.37. The van der Waals surface area contributed by atoms with E-state index in [1.165, 1.54) is 0 Å². The van der Waals surface area contributed by atoms with Crippen molar-refractivity contribution in [2.24, 2.45) is 11.3 Å². The van der Waals surface area contributed by atoms with E-state index in [0.717, 1.165) is 29.2 Å². The predicted molar refractivity (Wildman–Crippen MR) is 106 cm³/mol. The van der Waals surface area contributed by atoms with Crippen LogP contribution >= 0.6 is 0 Å². The van der Waals surface area contributed by atoms with Gasteiger partial charge in [0.15, 0.2) is 5.78 Å². The molecule has 138 valence electrons. The van der Waals surface area contributed by atoms with Crippen molar-refractivity contribution in [2.45, 2.75) is 47.5 Å². The van der Waals surface area contributed by atoms with Gasteiger partial charge in [-0.1, -0.05) is 49.8 Å². The van der Waals surface area contributed by atoms with Gasteiger partial charge in [-0.25, -0.2) is 4.79 Å².